The minimum Gasteiger partial charge on any atom is -0.497 e. The summed E-state index contributed by atoms with van der Waals surface area (Å²) < 4.78 is 5.18. The van der Waals surface area contributed by atoms with E-state index >= 15 is 0 Å². The molecule has 11 nitrogen and oxygen atoms in total. The Morgan fingerprint density at radius 1 is 0.824 bits per heavy atom. The highest BCUT2D eigenvalue weighted by atomic mass is 16.6. The molecule has 0 bridgehead atoms. The van der Waals surface area contributed by atoms with Gasteiger partial charge in [0, 0.05) is 23.5 Å². The van der Waals surface area contributed by atoms with Crippen LogP contribution in [-0.2, 0) is 0 Å². The molecule has 11 heteroatoms. The van der Waals surface area contributed by atoms with Gasteiger partial charge in [0.25, 0.3) is 5.69 Å². The number of nitro groups is 1. The highest BCUT2D eigenvalue weighted by molar-refractivity contribution is 5.80. The number of para-hydroxylation sites is 1. The van der Waals surface area contributed by atoms with E-state index in [2.05, 4.69) is 36.1 Å². The highest BCUT2D eigenvalue weighted by Crippen LogP contribution is 2.21. The highest BCUT2D eigenvalue weighted by Gasteiger charge is 2.08. The van der Waals surface area contributed by atoms with Crippen molar-refractivity contribution in [3.8, 4) is 5.75 Å². The van der Waals surface area contributed by atoms with Gasteiger partial charge in [-0.05, 0) is 54.1 Å². The number of hydrazone groups is 1. The van der Waals surface area contributed by atoms with E-state index in [9.17, 15) is 10.1 Å². The minimum atomic E-state index is -0.456. The molecule has 0 aliphatic carbocycles. The number of aromatic nitrogens is 3. The smallest absolute Gasteiger partial charge is 0.269 e. The van der Waals surface area contributed by atoms with Gasteiger partial charge in [-0.2, -0.15) is 20.1 Å². The number of methoxy groups -OCH3 is 1. The fourth-order valence-electron chi connectivity index (χ4n) is 2.84. The maximum Gasteiger partial charge on any atom is 0.269 e. The molecular weight excluding hydrogens is 436 g/mol. The van der Waals surface area contributed by atoms with Crippen molar-refractivity contribution in [1.29, 1.82) is 0 Å². The molecule has 0 aliphatic rings. The van der Waals surface area contributed by atoms with E-state index in [4.69, 9.17) is 4.74 Å². The first kappa shape index (κ1) is 22.1. The molecule has 170 valence electrons. The SMILES string of the molecule is COc1ccc(Nc2nc(NN=Cc3ccc([N+](=O)[O-])cc3)nc(Nc3ccccc3)n2)cc1. The summed E-state index contributed by atoms with van der Waals surface area (Å²) in [5.74, 6) is 1.54. The van der Waals surface area contributed by atoms with Crippen molar-refractivity contribution >= 4 is 41.1 Å². The van der Waals surface area contributed by atoms with Gasteiger partial charge in [-0.1, -0.05) is 18.2 Å². The minimum absolute atomic E-state index is 0.00783. The molecular formula is C23H20N8O3. The average Bonchev–Trinajstić information content (AvgIpc) is 2.85. The van der Waals surface area contributed by atoms with Crippen LogP contribution < -0.4 is 20.8 Å². The Hall–Kier alpha value is -5.06. The molecule has 0 spiro atoms. The van der Waals surface area contributed by atoms with Crippen LogP contribution in [0.25, 0.3) is 0 Å². The van der Waals surface area contributed by atoms with Crippen molar-refractivity contribution in [1.82, 2.24) is 15.0 Å². The van der Waals surface area contributed by atoms with E-state index in [-0.39, 0.29) is 11.6 Å². The Bertz CT molecular complexity index is 1280. The molecule has 34 heavy (non-hydrogen) atoms. The largest absolute Gasteiger partial charge is 0.497 e. The van der Waals surface area contributed by atoms with Crippen LogP contribution in [0.15, 0.2) is 84.0 Å². The predicted molar refractivity (Wildman–Crippen MR) is 130 cm³/mol. The molecule has 1 heterocycles. The lowest BCUT2D eigenvalue weighted by atomic mass is 10.2. The second kappa shape index (κ2) is 10.5. The van der Waals surface area contributed by atoms with E-state index < -0.39 is 4.92 Å². The topological polar surface area (TPSA) is 139 Å². The van der Waals surface area contributed by atoms with E-state index in [0.29, 0.717) is 17.5 Å². The van der Waals surface area contributed by atoms with Crippen LogP contribution in [0.1, 0.15) is 5.56 Å². The van der Waals surface area contributed by atoms with Gasteiger partial charge in [0.2, 0.25) is 17.8 Å². The summed E-state index contributed by atoms with van der Waals surface area (Å²) >= 11 is 0. The van der Waals surface area contributed by atoms with E-state index in [0.717, 1.165) is 17.1 Å². The summed E-state index contributed by atoms with van der Waals surface area (Å²) in [6.07, 6.45) is 1.51. The zero-order valence-electron chi connectivity index (χ0n) is 18.0. The van der Waals surface area contributed by atoms with Crippen molar-refractivity contribution in [3.63, 3.8) is 0 Å². The molecule has 0 atom stereocenters. The second-order valence-electron chi connectivity index (χ2n) is 6.87. The Morgan fingerprint density at radius 3 is 2.00 bits per heavy atom. The Balaban J connectivity index is 1.54. The molecule has 0 saturated heterocycles. The lowest BCUT2D eigenvalue weighted by Gasteiger charge is -2.10. The number of nitrogens with zero attached hydrogens (tertiary/aromatic N) is 5. The molecule has 0 radical (unpaired) electrons. The van der Waals surface area contributed by atoms with E-state index in [1.54, 1.807) is 19.2 Å². The summed E-state index contributed by atoms with van der Waals surface area (Å²) in [4.78, 5) is 23.5. The van der Waals surface area contributed by atoms with Crippen LogP contribution >= 0.6 is 0 Å². The quantitative estimate of drug-likeness (QED) is 0.185. The van der Waals surface area contributed by atoms with Crippen LogP contribution in [-0.4, -0.2) is 33.2 Å². The molecule has 0 aliphatic heterocycles. The van der Waals surface area contributed by atoms with Crippen LogP contribution in [0.5, 0.6) is 5.75 Å². The van der Waals surface area contributed by atoms with Crippen LogP contribution in [0.2, 0.25) is 0 Å². The molecule has 4 aromatic rings. The number of rotatable bonds is 9. The van der Waals surface area contributed by atoms with E-state index in [1.807, 2.05) is 54.6 Å². The van der Waals surface area contributed by atoms with Crippen LogP contribution in [0, 0.1) is 10.1 Å². The molecule has 0 fully saturated rings. The maximum atomic E-state index is 10.8. The van der Waals surface area contributed by atoms with Gasteiger partial charge in [0.15, 0.2) is 0 Å². The molecule has 0 unspecified atom stereocenters. The zero-order valence-corrected chi connectivity index (χ0v) is 18.0. The Labute approximate surface area is 194 Å². The number of anilines is 5. The normalized spacial score (nSPS) is 10.6. The van der Waals surface area contributed by atoms with Crippen molar-refractivity contribution in [2.75, 3.05) is 23.2 Å². The summed E-state index contributed by atoms with van der Waals surface area (Å²) in [6, 6.07) is 22.8. The summed E-state index contributed by atoms with van der Waals surface area (Å²) in [5.41, 5.74) is 5.03. The Kier molecular flexibility index (Phi) is 6.84. The number of hydrogen-bond donors (Lipinski definition) is 3. The number of nitro benzene ring substituents is 1. The van der Waals surface area contributed by atoms with E-state index in [1.165, 1.54) is 18.3 Å². The van der Waals surface area contributed by atoms with Crippen molar-refractivity contribution < 1.29 is 9.66 Å². The molecule has 3 aromatic carbocycles. The van der Waals surface area contributed by atoms with Gasteiger partial charge in [0.1, 0.15) is 5.75 Å². The zero-order chi connectivity index (χ0) is 23.8. The predicted octanol–water partition coefficient (Wildman–Crippen LogP) is 4.72. The van der Waals surface area contributed by atoms with Crippen LogP contribution in [0.3, 0.4) is 0 Å². The van der Waals surface area contributed by atoms with Gasteiger partial charge in [-0.15, -0.1) is 0 Å². The molecule has 0 saturated carbocycles. The molecule has 4 rings (SSSR count). The molecule has 0 amide bonds. The Morgan fingerprint density at radius 2 is 1.41 bits per heavy atom. The average molecular weight is 456 g/mol. The molecule has 3 N–H and O–H groups in total. The third-order valence-corrected chi connectivity index (χ3v) is 4.49. The van der Waals surface area contributed by atoms with Crippen molar-refractivity contribution in [2.45, 2.75) is 0 Å². The maximum absolute atomic E-state index is 10.8. The van der Waals surface area contributed by atoms with Gasteiger partial charge in [-0.3, -0.25) is 10.1 Å². The van der Waals surface area contributed by atoms with Crippen molar-refractivity contribution in [3.05, 3.63) is 94.5 Å². The van der Waals surface area contributed by atoms with Gasteiger partial charge in [0.05, 0.1) is 18.2 Å². The van der Waals surface area contributed by atoms with Gasteiger partial charge < -0.3 is 15.4 Å². The summed E-state index contributed by atoms with van der Waals surface area (Å²) in [6.45, 7) is 0. The first-order valence-corrected chi connectivity index (χ1v) is 10.1. The lowest BCUT2D eigenvalue weighted by Crippen LogP contribution is -2.07. The van der Waals surface area contributed by atoms with Crippen LogP contribution in [0.4, 0.5) is 34.9 Å². The molecule has 1 aromatic heterocycles. The fraction of sp³-hybridized carbons (Fsp3) is 0.0435. The third kappa shape index (κ3) is 6.01. The number of ether oxygens (including phenoxy) is 1. The number of non-ortho nitro benzene ring substituents is 1. The lowest BCUT2D eigenvalue weighted by molar-refractivity contribution is -0.384. The van der Waals surface area contributed by atoms with Crippen molar-refractivity contribution in [2.24, 2.45) is 5.10 Å². The first-order chi connectivity index (χ1) is 16.6. The number of hydrogen-bond acceptors (Lipinski definition) is 10. The standard InChI is InChI=1S/C23H20N8O3/c1-34-20-13-9-18(10-14-20)26-22-27-21(25-17-5-3-2-4-6-17)28-23(29-22)30-24-15-16-7-11-19(12-8-16)31(32)33/h2-15H,1H3,(H3,25,26,27,28,29,30). The summed E-state index contributed by atoms with van der Waals surface area (Å²) in [5, 5.41) is 21.2. The van der Waals surface area contributed by atoms with Gasteiger partial charge >= 0.3 is 0 Å². The monoisotopic (exact) mass is 456 g/mol. The summed E-state index contributed by atoms with van der Waals surface area (Å²) in [7, 11) is 1.60. The first-order valence-electron chi connectivity index (χ1n) is 10.1. The third-order valence-electron chi connectivity index (χ3n) is 4.49. The van der Waals surface area contributed by atoms with Gasteiger partial charge in [-0.25, -0.2) is 5.43 Å². The number of nitrogens with one attached hydrogen (secondary N) is 3. The number of benzene rings is 3. The fourth-order valence-corrected chi connectivity index (χ4v) is 2.84. The second-order valence-corrected chi connectivity index (χ2v) is 6.87.